The Bertz CT molecular complexity index is 479. The Morgan fingerprint density at radius 3 is 2.62 bits per heavy atom. The molecule has 0 aliphatic carbocycles. The number of fused-ring (bicyclic) bond motifs is 1. The zero-order valence-electron chi connectivity index (χ0n) is 9.11. The molecule has 1 aliphatic heterocycles. The molecule has 3 nitrogen and oxygen atoms in total. The number of ketones is 1. The fourth-order valence-corrected chi connectivity index (χ4v) is 2.82. The Balaban J connectivity index is 2.61. The van der Waals surface area contributed by atoms with Crippen molar-refractivity contribution in [1.29, 1.82) is 0 Å². The first kappa shape index (κ1) is 11.2. The summed E-state index contributed by atoms with van der Waals surface area (Å²) in [5.41, 5.74) is 3.29. The normalized spacial score (nSPS) is 19.4. The number of hydrogen-bond donors (Lipinski definition) is 1. The number of thioether (sulfide) groups is 1. The Labute approximate surface area is 97.9 Å². The lowest BCUT2D eigenvalue weighted by Crippen LogP contribution is -2.21. The van der Waals surface area contributed by atoms with Crippen LogP contribution in [0.4, 0.5) is 0 Å². The third kappa shape index (κ3) is 1.73. The van der Waals surface area contributed by atoms with Gasteiger partial charge in [-0.25, -0.2) is 0 Å². The minimum absolute atomic E-state index is 0.0283. The quantitative estimate of drug-likeness (QED) is 0.813. The average Bonchev–Trinajstić information content (AvgIpc) is 2.21. The number of aryl methyl sites for hydroxylation is 2. The van der Waals surface area contributed by atoms with Crippen LogP contribution >= 0.6 is 11.8 Å². The highest BCUT2D eigenvalue weighted by Crippen LogP contribution is 2.37. The molecule has 0 saturated heterocycles. The lowest BCUT2D eigenvalue weighted by atomic mass is 9.95. The molecular weight excluding hydrogens is 224 g/mol. The topological polar surface area (TPSA) is 54.4 Å². The van der Waals surface area contributed by atoms with Crippen molar-refractivity contribution in [3.8, 4) is 0 Å². The second-order valence-electron chi connectivity index (χ2n) is 3.98. The van der Waals surface area contributed by atoms with Gasteiger partial charge in [-0.05, 0) is 36.6 Å². The Morgan fingerprint density at radius 1 is 1.38 bits per heavy atom. The summed E-state index contributed by atoms with van der Waals surface area (Å²) >= 11 is 1.19. The molecule has 1 atom stereocenters. The highest BCUT2D eigenvalue weighted by molar-refractivity contribution is 8.01. The molecular formula is C12H12O3S. The number of Topliss-reactive ketones (excluding diaryl/α,β-unsaturated/α-hetero) is 1. The van der Waals surface area contributed by atoms with E-state index >= 15 is 0 Å². The summed E-state index contributed by atoms with van der Waals surface area (Å²) in [6.45, 7) is 3.86. The zero-order valence-corrected chi connectivity index (χ0v) is 9.93. The first-order chi connectivity index (χ1) is 7.50. The lowest BCUT2D eigenvalue weighted by Gasteiger charge is -2.22. The van der Waals surface area contributed by atoms with E-state index in [1.807, 2.05) is 26.0 Å². The van der Waals surface area contributed by atoms with E-state index in [0.717, 1.165) is 11.1 Å². The van der Waals surface area contributed by atoms with Crippen LogP contribution in [0.25, 0.3) is 0 Å². The molecule has 0 bridgehead atoms. The average molecular weight is 236 g/mol. The summed E-state index contributed by atoms with van der Waals surface area (Å²) in [6, 6.07) is 3.64. The third-order valence-corrected chi connectivity index (χ3v) is 4.07. The SMILES string of the molecule is Cc1cc2c(cc1C)[C@H](C(=O)O)SCC2=O. The van der Waals surface area contributed by atoms with Crippen molar-refractivity contribution in [3.63, 3.8) is 0 Å². The van der Waals surface area contributed by atoms with E-state index in [9.17, 15) is 9.59 Å². The van der Waals surface area contributed by atoms with Gasteiger partial charge in [0.2, 0.25) is 0 Å². The van der Waals surface area contributed by atoms with E-state index in [4.69, 9.17) is 5.11 Å². The maximum Gasteiger partial charge on any atom is 0.321 e. The molecule has 0 saturated carbocycles. The number of carbonyl (C=O) groups is 2. The van der Waals surface area contributed by atoms with Gasteiger partial charge < -0.3 is 5.11 Å². The summed E-state index contributed by atoms with van der Waals surface area (Å²) in [6.07, 6.45) is 0. The molecule has 2 rings (SSSR count). The fourth-order valence-electron chi connectivity index (χ4n) is 1.83. The van der Waals surface area contributed by atoms with Gasteiger partial charge in [0, 0.05) is 5.56 Å². The van der Waals surface area contributed by atoms with Gasteiger partial charge in [0.05, 0.1) is 5.75 Å². The van der Waals surface area contributed by atoms with E-state index < -0.39 is 11.2 Å². The van der Waals surface area contributed by atoms with Gasteiger partial charge in [-0.3, -0.25) is 9.59 Å². The second-order valence-corrected chi connectivity index (χ2v) is 5.07. The van der Waals surface area contributed by atoms with Gasteiger partial charge in [0.25, 0.3) is 0 Å². The van der Waals surface area contributed by atoms with Crippen molar-refractivity contribution in [3.05, 3.63) is 34.4 Å². The van der Waals surface area contributed by atoms with E-state index in [1.54, 1.807) is 0 Å². The first-order valence-electron chi connectivity index (χ1n) is 4.99. The molecule has 4 heteroatoms. The zero-order chi connectivity index (χ0) is 11.9. The van der Waals surface area contributed by atoms with Crippen LogP contribution < -0.4 is 0 Å². The number of hydrogen-bond acceptors (Lipinski definition) is 3. The Hall–Kier alpha value is -1.29. The predicted octanol–water partition coefficient (Wildman–Crippen LogP) is 2.36. The molecule has 1 aliphatic rings. The van der Waals surface area contributed by atoms with Gasteiger partial charge >= 0.3 is 5.97 Å². The van der Waals surface area contributed by atoms with Crippen molar-refractivity contribution in [2.45, 2.75) is 19.1 Å². The van der Waals surface area contributed by atoms with Crippen LogP contribution in [0.2, 0.25) is 0 Å². The van der Waals surface area contributed by atoms with Gasteiger partial charge in [-0.2, -0.15) is 0 Å². The van der Waals surface area contributed by atoms with Crippen LogP contribution in [0, 0.1) is 13.8 Å². The second kappa shape index (κ2) is 3.94. The number of carboxylic acids is 1. The molecule has 0 radical (unpaired) electrons. The molecule has 1 N–H and O–H groups in total. The van der Waals surface area contributed by atoms with Crippen LogP contribution in [0.3, 0.4) is 0 Å². The maximum atomic E-state index is 11.7. The molecule has 0 fully saturated rings. The standard InChI is InChI=1S/C12H12O3S/c1-6-3-8-9(4-7(6)2)11(12(14)15)16-5-10(8)13/h3-4,11H,5H2,1-2H3,(H,14,15)/t11-/m1/s1. The van der Waals surface area contributed by atoms with Crippen molar-refractivity contribution >= 4 is 23.5 Å². The molecule has 0 aromatic heterocycles. The Kier molecular flexibility index (Phi) is 2.76. The van der Waals surface area contributed by atoms with E-state index in [2.05, 4.69) is 0 Å². The summed E-state index contributed by atoms with van der Waals surface area (Å²) in [4.78, 5) is 22.8. The highest BCUT2D eigenvalue weighted by Gasteiger charge is 2.31. The summed E-state index contributed by atoms with van der Waals surface area (Å²) in [5.74, 6) is -0.588. The number of carboxylic acid groups (broad SMARTS) is 1. The molecule has 16 heavy (non-hydrogen) atoms. The Morgan fingerprint density at radius 2 is 2.00 bits per heavy atom. The smallest absolute Gasteiger partial charge is 0.321 e. The van der Waals surface area contributed by atoms with E-state index in [-0.39, 0.29) is 11.5 Å². The monoisotopic (exact) mass is 236 g/mol. The number of benzene rings is 1. The summed E-state index contributed by atoms with van der Waals surface area (Å²) in [5, 5.41) is 8.49. The number of rotatable bonds is 1. The molecule has 1 aromatic carbocycles. The summed E-state index contributed by atoms with van der Waals surface area (Å²) < 4.78 is 0. The van der Waals surface area contributed by atoms with Crippen molar-refractivity contribution in [2.75, 3.05) is 5.75 Å². The van der Waals surface area contributed by atoms with Gasteiger partial charge in [0.1, 0.15) is 5.25 Å². The minimum Gasteiger partial charge on any atom is -0.480 e. The van der Waals surface area contributed by atoms with Crippen LogP contribution in [-0.4, -0.2) is 22.6 Å². The van der Waals surface area contributed by atoms with Crippen LogP contribution in [0.15, 0.2) is 12.1 Å². The highest BCUT2D eigenvalue weighted by atomic mass is 32.2. The molecule has 0 unspecified atom stereocenters. The van der Waals surface area contributed by atoms with Crippen molar-refractivity contribution in [2.24, 2.45) is 0 Å². The third-order valence-electron chi connectivity index (χ3n) is 2.85. The van der Waals surface area contributed by atoms with Crippen molar-refractivity contribution in [1.82, 2.24) is 0 Å². The molecule has 1 aromatic rings. The maximum absolute atomic E-state index is 11.7. The number of aliphatic carboxylic acids is 1. The first-order valence-corrected chi connectivity index (χ1v) is 6.04. The fraction of sp³-hybridized carbons (Fsp3) is 0.333. The largest absolute Gasteiger partial charge is 0.480 e. The molecule has 0 amide bonds. The van der Waals surface area contributed by atoms with Crippen LogP contribution in [0.1, 0.15) is 32.3 Å². The van der Waals surface area contributed by atoms with Gasteiger partial charge in [0.15, 0.2) is 5.78 Å². The molecule has 0 spiro atoms. The van der Waals surface area contributed by atoms with Crippen LogP contribution in [0.5, 0.6) is 0 Å². The van der Waals surface area contributed by atoms with Gasteiger partial charge in [-0.15, -0.1) is 11.8 Å². The van der Waals surface area contributed by atoms with Crippen molar-refractivity contribution < 1.29 is 14.7 Å². The van der Waals surface area contributed by atoms with Crippen LogP contribution in [-0.2, 0) is 4.79 Å². The number of carbonyl (C=O) groups excluding carboxylic acids is 1. The molecule has 1 heterocycles. The van der Waals surface area contributed by atoms with E-state index in [1.165, 1.54) is 11.8 Å². The molecule has 84 valence electrons. The summed E-state index contributed by atoms with van der Waals surface area (Å²) in [7, 11) is 0. The predicted molar refractivity (Wildman–Crippen MR) is 63.1 cm³/mol. The van der Waals surface area contributed by atoms with E-state index in [0.29, 0.717) is 11.1 Å². The minimum atomic E-state index is -0.873. The lowest BCUT2D eigenvalue weighted by molar-refractivity contribution is -0.136. The van der Waals surface area contributed by atoms with Gasteiger partial charge in [-0.1, -0.05) is 6.07 Å².